The molecule has 0 aromatic heterocycles. The van der Waals surface area contributed by atoms with Crippen molar-refractivity contribution < 1.29 is 13.9 Å². The van der Waals surface area contributed by atoms with Crippen LogP contribution in [0.1, 0.15) is 52.2 Å². The van der Waals surface area contributed by atoms with Crippen LogP contribution in [0.4, 0.5) is 4.39 Å². The molecule has 0 amide bonds. The molecular formula is C23H33ClFNO2. The summed E-state index contributed by atoms with van der Waals surface area (Å²) in [5.41, 5.74) is 1.72. The Labute approximate surface area is 175 Å². The summed E-state index contributed by atoms with van der Waals surface area (Å²) in [7, 11) is 1.62. The zero-order valence-corrected chi connectivity index (χ0v) is 18.6. The third-order valence-corrected chi connectivity index (χ3v) is 4.34. The van der Waals surface area contributed by atoms with Gasteiger partial charge in [0.15, 0.2) is 11.5 Å². The standard InChI is InChI=1S/C23H32FNO2.ClH/c1-22(2,3)16-23(4,5)25-14-17-11-9-13-20(26-6)21(17)27-15-18-10-7-8-12-19(18)24;/h7-13,25H,14-16H2,1-6H3;1H. The number of nitrogens with one attached hydrogen (secondary N) is 1. The quantitative estimate of drug-likeness (QED) is 0.568. The Bertz CT molecular complexity index is 757. The van der Waals surface area contributed by atoms with E-state index in [0.717, 1.165) is 12.0 Å². The number of hydrogen-bond donors (Lipinski definition) is 1. The molecule has 5 heteroatoms. The molecular weight excluding hydrogens is 377 g/mol. The number of methoxy groups -OCH3 is 1. The van der Waals surface area contributed by atoms with E-state index < -0.39 is 0 Å². The first-order valence-electron chi connectivity index (χ1n) is 9.38. The Morgan fingerprint density at radius 1 is 0.929 bits per heavy atom. The molecule has 2 aromatic carbocycles. The van der Waals surface area contributed by atoms with Crippen LogP contribution in [0.2, 0.25) is 0 Å². The van der Waals surface area contributed by atoms with Gasteiger partial charge in [-0.15, -0.1) is 12.4 Å². The van der Waals surface area contributed by atoms with Gasteiger partial charge in [0, 0.05) is 23.2 Å². The summed E-state index contributed by atoms with van der Waals surface area (Å²) in [5, 5.41) is 3.62. The molecule has 2 aromatic rings. The van der Waals surface area contributed by atoms with E-state index in [9.17, 15) is 4.39 Å². The van der Waals surface area contributed by atoms with E-state index in [1.807, 2.05) is 24.3 Å². The maximum atomic E-state index is 13.9. The second-order valence-electron chi connectivity index (χ2n) is 8.80. The third kappa shape index (κ3) is 7.33. The lowest BCUT2D eigenvalue weighted by Gasteiger charge is -2.33. The Hall–Kier alpha value is -1.78. The van der Waals surface area contributed by atoms with Crippen LogP contribution in [-0.2, 0) is 13.2 Å². The molecule has 0 spiro atoms. The minimum absolute atomic E-state index is 0. The lowest BCUT2D eigenvalue weighted by atomic mass is 9.82. The second-order valence-corrected chi connectivity index (χ2v) is 8.80. The van der Waals surface area contributed by atoms with Gasteiger partial charge >= 0.3 is 0 Å². The first-order chi connectivity index (χ1) is 12.6. The van der Waals surface area contributed by atoms with Crippen LogP contribution in [0, 0.1) is 11.2 Å². The van der Waals surface area contributed by atoms with Gasteiger partial charge in [-0.25, -0.2) is 4.39 Å². The van der Waals surface area contributed by atoms with Gasteiger partial charge in [-0.1, -0.05) is 51.1 Å². The summed E-state index contributed by atoms with van der Waals surface area (Å²) >= 11 is 0. The molecule has 0 aliphatic carbocycles. The number of rotatable bonds is 8. The highest BCUT2D eigenvalue weighted by Crippen LogP contribution is 2.33. The van der Waals surface area contributed by atoms with Crippen LogP contribution in [-0.4, -0.2) is 12.6 Å². The highest BCUT2D eigenvalue weighted by Gasteiger charge is 2.25. The third-order valence-electron chi connectivity index (χ3n) is 4.34. The molecule has 3 nitrogen and oxygen atoms in total. The smallest absolute Gasteiger partial charge is 0.166 e. The van der Waals surface area contributed by atoms with E-state index in [1.165, 1.54) is 6.07 Å². The molecule has 0 fully saturated rings. The zero-order valence-electron chi connectivity index (χ0n) is 17.8. The molecule has 0 bridgehead atoms. The fourth-order valence-electron chi connectivity index (χ4n) is 3.51. The van der Waals surface area contributed by atoms with Crippen molar-refractivity contribution in [2.24, 2.45) is 5.41 Å². The first kappa shape index (κ1) is 24.3. The lowest BCUT2D eigenvalue weighted by molar-refractivity contribution is 0.237. The van der Waals surface area contributed by atoms with Crippen LogP contribution in [0.5, 0.6) is 11.5 Å². The van der Waals surface area contributed by atoms with Crippen LogP contribution >= 0.6 is 12.4 Å². The molecule has 28 heavy (non-hydrogen) atoms. The van der Waals surface area contributed by atoms with Crippen molar-refractivity contribution >= 4 is 12.4 Å². The molecule has 0 atom stereocenters. The second kappa shape index (κ2) is 10.1. The van der Waals surface area contributed by atoms with Crippen molar-refractivity contribution in [3.8, 4) is 11.5 Å². The van der Waals surface area contributed by atoms with Crippen molar-refractivity contribution in [3.05, 3.63) is 59.4 Å². The monoisotopic (exact) mass is 409 g/mol. The Kier molecular flexibility index (Phi) is 8.77. The molecule has 0 saturated carbocycles. The molecule has 2 rings (SSSR count). The average molecular weight is 410 g/mol. The molecule has 0 aliphatic rings. The maximum Gasteiger partial charge on any atom is 0.166 e. The minimum atomic E-state index is -0.265. The van der Waals surface area contributed by atoms with Crippen molar-refractivity contribution in [2.75, 3.05) is 7.11 Å². The zero-order chi connectivity index (χ0) is 20.1. The van der Waals surface area contributed by atoms with Crippen LogP contribution in [0.15, 0.2) is 42.5 Å². The van der Waals surface area contributed by atoms with Crippen LogP contribution in [0.3, 0.4) is 0 Å². The highest BCUT2D eigenvalue weighted by atomic mass is 35.5. The normalized spacial score (nSPS) is 11.7. The van der Waals surface area contributed by atoms with Gasteiger partial charge in [0.25, 0.3) is 0 Å². The van der Waals surface area contributed by atoms with E-state index in [1.54, 1.807) is 19.2 Å². The van der Waals surface area contributed by atoms with Gasteiger partial charge in [-0.05, 0) is 37.8 Å². The summed E-state index contributed by atoms with van der Waals surface area (Å²) in [6.07, 6.45) is 1.04. The summed E-state index contributed by atoms with van der Waals surface area (Å²) in [6.45, 7) is 11.9. The average Bonchev–Trinajstić information content (AvgIpc) is 2.57. The Morgan fingerprint density at radius 2 is 1.57 bits per heavy atom. The molecule has 0 saturated heterocycles. The predicted octanol–water partition coefficient (Wildman–Crippen LogP) is 6.14. The maximum absolute atomic E-state index is 13.9. The number of ether oxygens (including phenoxy) is 2. The van der Waals surface area contributed by atoms with Crippen LogP contribution < -0.4 is 14.8 Å². The van der Waals surface area contributed by atoms with Crippen molar-refractivity contribution in [2.45, 2.75) is 59.7 Å². The van der Waals surface area contributed by atoms with E-state index in [0.29, 0.717) is 23.6 Å². The van der Waals surface area contributed by atoms with Gasteiger partial charge in [0.1, 0.15) is 12.4 Å². The minimum Gasteiger partial charge on any atom is -0.493 e. The van der Waals surface area contributed by atoms with Crippen LogP contribution in [0.25, 0.3) is 0 Å². The number of hydrogen-bond acceptors (Lipinski definition) is 3. The molecule has 156 valence electrons. The summed E-state index contributed by atoms with van der Waals surface area (Å²) in [4.78, 5) is 0. The fourth-order valence-corrected chi connectivity index (χ4v) is 3.51. The van der Waals surface area contributed by atoms with E-state index in [2.05, 4.69) is 39.9 Å². The highest BCUT2D eigenvalue weighted by molar-refractivity contribution is 5.85. The number of para-hydroxylation sites is 1. The van der Waals surface area contributed by atoms with E-state index >= 15 is 0 Å². The Balaban J connectivity index is 0.00000392. The molecule has 0 aliphatic heterocycles. The van der Waals surface area contributed by atoms with Crippen molar-refractivity contribution in [3.63, 3.8) is 0 Å². The SMILES string of the molecule is COc1cccc(CNC(C)(C)CC(C)(C)C)c1OCc1ccccc1F.Cl. The molecule has 0 unspecified atom stereocenters. The van der Waals surface area contributed by atoms with Gasteiger partial charge in [-0.3, -0.25) is 0 Å². The summed E-state index contributed by atoms with van der Waals surface area (Å²) < 4.78 is 25.4. The Morgan fingerprint density at radius 3 is 2.18 bits per heavy atom. The van der Waals surface area contributed by atoms with Crippen molar-refractivity contribution in [1.82, 2.24) is 5.32 Å². The van der Waals surface area contributed by atoms with Crippen molar-refractivity contribution in [1.29, 1.82) is 0 Å². The predicted molar refractivity (Wildman–Crippen MR) is 116 cm³/mol. The lowest BCUT2D eigenvalue weighted by Crippen LogP contribution is -2.41. The fraction of sp³-hybridized carbons (Fsp3) is 0.478. The first-order valence-corrected chi connectivity index (χ1v) is 9.38. The molecule has 1 N–H and O–H groups in total. The largest absolute Gasteiger partial charge is 0.493 e. The number of halogens is 2. The summed E-state index contributed by atoms with van der Waals surface area (Å²) in [6, 6.07) is 12.5. The van der Waals surface area contributed by atoms with Gasteiger partial charge in [-0.2, -0.15) is 0 Å². The van der Waals surface area contributed by atoms with E-state index in [-0.39, 0.29) is 35.8 Å². The van der Waals surface area contributed by atoms with Gasteiger partial charge in [0.2, 0.25) is 0 Å². The molecule has 0 heterocycles. The van der Waals surface area contributed by atoms with Gasteiger partial charge < -0.3 is 14.8 Å². The molecule has 0 radical (unpaired) electrons. The topological polar surface area (TPSA) is 30.5 Å². The van der Waals surface area contributed by atoms with E-state index in [4.69, 9.17) is 9.47 Å². The summed E-state index contributed by atoms with van der Waals surface area (Å²) in [5.74, 6) is 1.04. The number of benzene rings is 2. The van der Waals surface area contributed by atoms with Gasteiger partial charge in [0.05, 0.1) is 7.11 Å².